The van der Waals surface area contributed by atoms with Crippen molar-refractivity contribution in [3.05, 3.63) is 60.3 Å². The Morgan fingerprint density at radius 1 is 0.865 bits per heavy atom. The zero-order valence-electron chi connectivity index (χ0n) is 22.4. The van der Waals surface area contributed by atoms with Gasteiger partial charge in [-0.25, -0.2) is 4.98 Å². The standard InChI is InChI=1S/C32H44N4O/c37-32(27-11-5-2-6-12-27)35-23-28(30(24-35)26-9-3-1-4-10-26)22-34-19-16-29(17-20-34)36(21-25-14-15-25)31-13-7-8-18-33-31/h1,3-4,7-10,13,18,25,27-30H,2,5-6,11-12,14-17,19-24H2/t28-,30+/m0/s1. The number of hydrogen-bond donors (Lipinski definition) is 0. The summed E-state index contributed by atoms with van der Waals surface area (Å²) in [5.74, 6) is 3.69. The summed E-state index contributed by atoms with van der Waals surface area (Å²) in [6, 6.07) is 17.9. The number of piperidine rings is 1. The fourth-order valence-electron chi connectivity index (χ4n) is 7.20. The lowest BCUT2D eigenvalue weighted by Gasteiger charge is -2.40. The highest BCUT2D eigenvalue weighted by atomic mass is 16.2. The molecule has 1 aromatic heterocycles. The zero-order chi connectivity index (χ0) is 25.0. The van der Waals surface area contributed by atoms with Crippen molar-refractivity contribution in [3.63, 3.8) is 0 Å². The zero-order valence-corrected chi connectivity index (χ0v) is 22.4. The highest BCUT2D eigenvalue weighted by Gasteiger charge is 2.40. The Morgan fingerprint density at radius 3 is 2.32 bits per heavy atom. The number of likely N-dealkylation sites (tertiary alicyclic amines) is 2. The van der Waals surface area contributed by atoms with Crippen LogP contribution in [-0.4, -0.2) is 66.0 Å². The van der Waals surface area contributed by atoms with Gasteiger partial charge in [0, 0.05) is 63.3 Å². The van der Waals surface area contributed by atoms with Crippen molar-refractivity contribution in [2.24, 2.45) is 17.8 Å². The lowest BCUT2D eigenvalue weighted by molar-refractivity contribution is -0.135. The van der Waals surface area contributed by atoms with Crippen LogP contribution in [0.1, 0.15) is 69.3 Å². The molecule has 0 spiro atoms. The summed E-state index contributed by atoms with van der Waals surface area (Å²) >= 11 is 0. The molecule has 1 aromatic carbocycles. The van der Waals surface area contributed by atoms with Crippen LogP contribution in [-0.2, 0) is 4.79 Å². The molecule has 2 aliphatic carbocycles. The summed E-state index contributed by atoms with van der Waals surface area (Å²) in [6.07, 6.45) is 13.0. The number of aromatic nitrogens is 1. The number of carbonyl (C=O) groups excluding carboxylic acids is 1. The van der Waals surface area contributed by atoms with Gasteiger partial charge in [0.25, 0.3) is 0 Å². The van der Waals surface area contributed by atoms with Gasteiger partial charge in [0.15, 0.2) is 0 Å². The molecule has 3 heterocycles. The first kappa shape index (κ1) is 24.9. The number of rotatable bonds is 8. The van der Waals surface area contributed by atoms with Gasteiger partial charge in [0.05, 0.1) is 0 Å². The van der Waals surface area contributed by atoms with Crippen molar-refractivity contribution in [1.29, 1.82) is 0 Å². The first-order valence-electron chi connectivity index (χ1n) is 15.0. The van der Waals surface area contributed by atoms with E-state index in [1.165, 1.54) is 57.1 Å². The van der Waals surface area contributed by atoms with Crippen molar-refractivity contribution in [1.82, 2.24) is 14.8 Å². The van der Waals surface area contributed by atoms with Gasteiger partial charge >= 0.3 is 0 Å². The van der Waals surface area contributed by atoms with Gasteiger partial charge in [0.2, 0.25) is 5.91 Å². The summed E-state index contributed by atoms with van der Waals surface area (Å²) < 4.78 is 0. The molecule has 2 aliphatic heterocycles. The van der Waals surface area contributed by atoms with Crippen LogP contribution >= 0.6 is 0 Å². The summed E-state index contributed by atoms with van der Waals surface area (Å²) in [6.45, 7) is 6.39. The van der Waals surface area contributed by atoms with Crippen molar-refractivity contribution >= 4 is 11.7 Å². The molecule has 198 valence electrons. The Labute approximate surface area is 223 Å². The number of benzene rings is 1. The molecule has 5 nitrogen and oxygen atoms in total. The Bertz CT molecular complexity index is 996. The van der Waals surface area contributed by atoms with Gasteiger partial charge in [-0.05, 0) is 68.1 Å². The maximum atomic E-state index is 13.5. The van der Waals surface area contributed by atoms with E-state index in [-0.39, 0.29) is 5.92 Å². The smallest absolute Gasteiger partial charge is 0.225 e. The fourth-order valence-corrected chi connectivity index (χ4v) is 7.20. The van der Waals surface area contributed by atoms with E-state index in [4.69, 9.17) is 4.98 Å². The van der Waals surface area contributed by atoms with Crippen LogP contribution in [0, 0.1) is 17.8 Å². The fraction of sp³-hybridized carbons (Fsp3) is 0.625. The lowest BCUT2D eigenvalue weighted by Crippen LogP contribution is -2.47. The van der Waals surface area contributed by atoms with Crippen LogP contribution in [0.2, 0.25) is 0 Å². The van der Waals surface area contributed by atoms with E-state index in [2.05, 4.69) is 57.2 Å². The normalized spacial score (nSPS) is 25.9. The molecule has 0 unspecified atom stereocenters. The molecule has 0 radical (unpaired) electrons. The third-order valence-electron chi connectivity index (χ3n) is 9.52. The second kappa shape index (κ2) is 11.6. The van der Waals surface area contributed by atoms with Gasteiger partial charge in [0.1, 0.15) is 5.82 Å². The molecule has 37 heavy (non-hydrogen) atoms. The SMILES string of the molecule is O=C(C1CCCCC1)N1C[C@H](CN2CCC(N(CC3CC3)c3ccccn3)CC2)[C@@H](c2ccccc2)C1. The predicted octanol–water partition coefficient (Wildman–Crippen LogP) is 5.58. The molecule has 0 N–H and O–H groups in total. The Balaban J connectivity index is 1.10. The van der Waals surface area contributed by atoms with Gasteiger partial charge in [-0.3, -0.25) is 4.79 Å². The number of pyridine rings is 1. The first-order valence-corrected chi connectivity index (χ1v) is 15.0. The maximum absolute atomic E-state index is 13.5. The number of hydrogen-bond acceptors (Lipinski definition) is 4. The maximum Gasteiger partial charge on any atom is 0.225 e. The monoisotopic (exact) mass is 500 g/mol. The number of carbonyl (C=O) groups is 1. The lowest BCUT2D eigenvalue weighted by atomic mass is 9.88. The van der Waals surface area contributed by atoms with E-state index in [0.717, 1.165) is 57.3 Å². The van der Waals surface area contributed by atoms with Gasteiger partial charge in [-0.2, -0.15) is 0 Å². The first-order chi connectivity index (χ1) is 18.2. The Hall–Kier alpha value is -2.40. The predicted molar refractivity (Wildman–Crippen MR) is 150 cm³/mol. The Morgan fingerprint density at radius 2 is 1.62 bits per heavy atom. The van der Waals surface area contributed by atoms with Crippen LogP contribution in [0.25, 0.3) is 0 Å². The van der Waals surface area contributed by atoms with E-state index in [9.17, 15) is 4.79 Å². The minimum Gasteiger partial charge on any atom is -0.353 e. The van der Waals surface area contributed by atoms with Crippen LogP contribution in [0.15, 0.2) is 54.7 Å². The highest BCUT2D eigenvalue weighted by Crippen LogP contribution is 2.37. The third kappa shape index (κ3) is 6.03. The van der Waals surface area contributed by atoms with Crippen molar-refractivity contribution in [3.8, 4) is 0 Å². The van der Waals surface area contributed by atoms with Crippen LogP contribution < -0.4 is 4.90 Å². The minimum atomic E-state index is 0.267. The quantitative estimate of drug-likeness (QED) is 0.474. The summed E-state index contributed by atoms with van der Waals surface area (Å²) in [4.78, 5) is 25.7. The largest absolute Gasteiger partial charge is 0.353 e. The molecule has 4 aliphatic rings. The van der Waals surface area contributed by atoms with Crippen LogP contribution in [0.4, 0.5) is 5.82 Å². The molecule has 0 bridgehead atoms. The highest BCUT2D eigenvalue weighted by molar-refractivity contribution is 5.79. The molecule has 4 fully saturated rings. The number of amides is 1. The van der Waals surface area contributed by atoms with Crippen LogP contribution in [0.3, 0.4) is 0 Å². The molecular formula is C32H44N4O. The second-order valence-corrected chi connectivity index (χ2v) is 12.2. The average Bonchev–Trinajstić information content (AvgIpc) is 3.70. The van der Waals surface area contributed by atoms with Gasteiger partial charge in [-0.15, -0.1) is 0 Å². The number of anilines is 1. The van der Waals surface area contributed by atoms with Crippen LogP contribution in [0.5, 0.6) is 0 Å². The average molecular weight is 501 g/mol. The molecule has 1 amide bonds. The summed E-state index contributed by atoms with van der Waals surface area (Å²) in [7, 11) is 0. The summed E-state index contributed by atoms with van der Waals surface area (Å²) in [5, 5.41) is 0. The third-order valence-corrected chi connectivity index (χ3v) is 9.52. The van der Waals surface area contributed by atoms with E-state index in [1.54, 1.807) is 0 Å². The molecule has 6 rings (SSSR count). The second-order valence-electron chi connectivity index (χ2n) is 12.2. The molecular weight excluding hydrogens is 456 g/mol. The van der Waals surface area contributed by atoms with Crippen molar-refractivity contribution in [2.45, 2.75) is 69.7 Å². The molecule has 2 aromatic rings. The van der Waals surface area contributed by atoms with Gasteiger partial charge < -0.3 is 14.7 Å². The Kier molecular flexibility index (Phi) is 7.78. The molecule has 2 saturated heterocycles. The summed E-state index contributed by atoms with van der Waals surface area (Å²) in [5.41, 5.74) is 1.41. The van der Waals surface area contributed by atoms with Gasteiger partial charge in [-0.1, -0.05) is 55.7 Å². The van der Waals surface area contributed by atoms with Crippen molar-refractivity contribution < 1.29 is 4.79 Å². The van der Waals surface area contributed by atoms with Crippen molar-refractivity contribution in [2.75, 3.05) is 44.2 Å². The van der Waals surface area contributed by atoms with E-state index in [1.807, 2.05) is 12.3 Å². The molecule has 2 saturated carbocycles. The molecule has 2 atom stereocenters. The molecule has 5 heteroatoms. The van der Waals surface area contributed by atoms with E-state index < -0.39 is 0 Å². The van der Waals surface area contributed by atoms with E-state index >= 15 is 0 Å². The van der Waals surface area contributed by atoms with E-state index in [0.29, 0.717) is 23.8 Å². The topological polar surface area (TPSA) is 39.7 Å². The minimum absolute atomic E-state index is 0.267. The number of nitrogens with zero attached hydrogens (tertiary/aromatic N) is 4.